The SMILES string of the molecule is COc1cc(CN(C)C(CN)C2CC2)cc(OC)c1. The minimum Gasteiger partial charge on any atom is -0.497 e. The first-order valence-corrected chi connectivity index (χ1v) is 6.80. The molecule has 0 spiro atoms. The lowest BCUT2D eigenvalue weighted by atomic mass is 10.1. The minimum absolute atomic E-state index is 0.484. The van der Waals surface area contributed by atoms with Crippen LogP contribution in [-0.4, -0.2) is 38.8 Å². The van der Waals surface area contributed by atoms with Crippen LogP contribution < -0.4 is 15.2 Å². The summed E-state index contributed by atoms with van der Waals surface area (Å²) in [6, 6.07) is 6.49. The van der Waals surface area contributed by atoms with E-state index >= 15 is 0 Å². The summed E-state index contributed by atoms with van der Waals surface area (Å²) < 4.78 is 10.6. The van der Waals surface area contributed by atoms with Crippen LogP contribution in [0.25, 0.3) is 0 Å². The number of ether oxygens (including phenoxy) is 2. The Labute approximate surface area is 115 Å². The smallest absolute Gasteiger partial charge is 0.122 e. The number of hydrogen-bond acceptors (Lipinski definition) is 4. The van der Waals surface area contributed by atoms with Crippen molar-refractivity contribution in [3.8, 4) is 11.5 Å². The number of hydrogen-bond donors (Lipinski definition) is 1. The van der Waals surface area contributed by atoms with E-state index in [1.807, 2.05) is 6.07 Å². The van der Waals surface area contributed by atoms with Gasteiger partial charge in [-0.2, -0.15) is 0 Å². The molecule has 1 aliphatic carbocycles. The van der Waals surface area contributed by atoms with E-state index in [-0.39, 0.29) is 0 Å². The Balaban J connectivity index is 2.08. The summed E-state index contributed by atoms with van der Waals surface area (Å²) in [6.45, 7) is 1.59. The highest BCUT2D eigenvalue weighted by molar-refractivity contribution is 5.38. The lowest BCUT2D eigenvalue weighted by Gasteiger charge is -2.27. The van der Waals surface area contributed by atoms with Crippen LogP contribution in [0.5, 0.6) is 11.5 Å². The minimum atomic E-state index is 0.484. The Morgan fingerprint density at radius 2 is 1.79 bits per heavy atom. The summed E-state index contributed by atoms with van der Waals surface area (Å²) in [5.74, 6) is 2.44. The van der Waals surface area contributed by atoms with E-state index < -0.39 is 0 Å². The lowest BCUT2D eigenvalue weighted by molar-refractivity contribution is 0.215. The van der Waals surface area contributed by atoms with Crippen molar-refractivity contribution in [1.29, 1.82) is 0 Å². The molecule has 4 nitrogen and oxygen atoms in total. The van der Waals surface area contributed by atoms with Gasteiger partial charge in [0.05, 0.1) is 14.2 Å². The maximum Gasteiger partial charge on any atom is 0.122 e. The predicted molar refractivity (Wildman–Crippen MR) is 76.6 cm³/mol. The van der Waals surface area contributed by atoms with Crippen LogP contribution in [-0.2, 0) is 6.54 Å². The summed E-state index contributed by atoms with van der Waals surface area (Å²) in [4.78, 5) is 2.34. The van der Waals surface area contributed by atoms with Crippen LogP contribution in [0.2, 0.25) is 0 Å². The van der Waals surface area contributed by atoms with Gasteiger partial charge in [-0.1, -0.05) is 0 Å². The zero-order valence-electron chi connectivity index (χ0n) is 12.1. The summed E-state index contributed by atoms with van der Waals surface area (Å²) in [6.07, 6.45) is 2.63. The molecule has 1 atom stereocenters. The molecule has 1 aliphatic rings. The molecule has 2 rings (SSSR count). The molecule has 1 aromatic carbocycles. The topological polar surface area (TPSA) is 47.7 Å². The first kappa shape index (κ1) is 14.2. The van der Waals surface area contributed by atoms with E-state index in [0.29, 0.717) is 6.04 Å². The van der Waals surface area contributed by atoms with Crippen LogP contribution in [0.1, 0.15) is 18.4 Å². The van der Waals surface area contributed by atoms with E-state index in [4.69, 9.17) is 15.2 Å². The van der Waals surface area contributed by atoms with Gasteiger partial charge in [-0.25, -0.2) is 0 Å². The van der Waals surface area contributed by atoms with Gasteiger partial charge in [-0.05, 0) is 43.5 Å². The zero-order chi connectivity index (χ0) is 13.8. The normalized spacial score (nSPS) is 16.5. The Morgan fingerprint density at radius 1 is 1.21 bits per heavy atom. The van der Waals surface area contributed by atoms with E-state index in [1.54, 1.807) is 14.2 Å². The third-order valence-electron chi connectivity index (χ3n) is 3.82. The molecular formula is C15H24N2O2. The molecule has 106 valence electrons. The Hall–Kier alpha value is -1.26. The van der Waals surface area contributed by atoms with Gasteiger partial charge in [-0.3, -0.25) is 4.90 Å². The molecular weight excluding hydrogens is 240 g/mol. The van der Waals surface area contributed by atoms with E-state index in [9.17, 15) is 0 Å². The van der Waals surface area contributed by atoms with Crippen LogP contribution in [0.15, 0.2) is 18.2 Å². The van der Waals surface area contributed by atoms with Gasteiger partial charge in [-0.15, -0.1) is 0 Å². The Bertz CT molecular complexity index is 396. The van der Waals surface area contributed by atoms with Crippen molar-refractivity contribution in [3.63, 3.8) is 0 Å². The maximum atomic E-state index is 5.89. The van der Waals surface area contributed by atoms with Crippen LogP contribution in [0.3, 0.4) is 0 Å². The molecule has 0 bridgehead atoms. The second-order valence-corrected chi connectivity index (χ2v) is 5.28. The van der Waals surface area contributed by atoms with Crippen molar-refractivity contribution < 1.29 is 9.47 Å². The Morgan fingerprint density at radius 3 is 2.21 bits per heavy atom. The molecule has 1 aromatic rings. The highest BCUT2D eigenvalue weighted by Gasteiger charge is 2.32. The first-order chi connectivity index (χ1) is 9.17. The highest BCUT2D eigenvalue weighted by Crippen LogP contribution is 2.35. The zero-order valence-corrected chi connectivity index (χ0v) is 12.1. The van der Waals surface area contributed by atoms with Gasteiger partial charge < -0.3 is 15.2 Å². The second-order valence-electron chi connectivity index (χ2n) is 5.28. The van der Waals surface area contributed by atoms with Gasteiger partial charge >= 0.3 is 0 Å². The number of nitrogens with two attached hydrogens (primary N) is 1. The summed E-state index contributed by atoms with van der Waals surface area (Å²) in [5, 5.41) is 0. The number of likely N-dealkylation sites (N-methyl/N-ethyl adjacent to an activating group) is 1. The van der Waals surface area contributed by atoms with Gasteiger partial charge in [0, 0.05) is 25.2 Å². The third kappa shape index (κ3) is 3.61. The van der Waals surface area contributed by atoms with Crippen molar-refractivity contribution in [2.45, 2.75) is 25.4 Å². The van der Waals surface area contributed by atoms with Crippen LogP contribution in [0.4, 0.5) is 0 Å². The fraction of sp³-hybridized carbons (Fsp3) is 0.600. The van der Waals surface area contributed by atoms with E-state index in [2.05, 4.69) is 24.1 Å². The van der Waals surface area contributed by atoms with Crippen molar-refractivity contribution in [3.05, 3.63) is 23.8 Å². The van der Waals surface area contributed by atoms with Gasteiger partial charge in [0.25, 0.3) is 0 Å². The first-order valence-electron chi connectivity index (χ1n) is 6.80. The van der Waals surface area contributed by atoms with Crippen molar-refractivity contribution >= 4 is 0 Å². The third-order valence-corrected chi connectivity index (χ3v) is 3.82. The molecule has 0 aliphatic heterocycles. The van der Waals surface area contributed by atoms with Crippen molar-refractivity contribution in [2.75, 3.05) is 27.8 Å². The van der Waals surface area contributed by atoms with Gasteiger partial charge in [0.2, 0.25) is 0 Å². The summed E-state index contributed by atoms with van der Waals surface area (Å²) >= 11 is 0. The molecule has 0 radical (unpaired) electrons. The molecule has 1 unspecified atom stereocenters. The van der Waals surface area contributed by atoms with Gasteiger partial charge in [0.1, 0.15) is 11.5 Å². The number of methoxy groups -OCH3 is 2. The highest BCUT2D eigenvalue weighted by atomic mass is 16.5. The standard InChI is InChI=1S/C15H24N2O2/c1-17(15(9-16)12-4-5-12)10-11-6-13(18-2)8-14(7-11)19-3/h6-8,12,15H,4-5,9-10,16H2,1-3H3. The molecule has 0 heterocycles. The average Bonchev–Trinajstić information content (AvgIpc) is 3.23. The monoisotopic (exact) mass is 264 g/mol. The molecule has 0 saturated heterocycles. The van der Waals surface area contributed by atoms with E-state index in [0.717, 1.165) is 30.5 Å². The lowest BCUT2D eigenvalue weighted by Crippen LogP contribution is -2.39. The van der Waals surface area contributed by atoms with Crippen molar-refractivity contribution in [2.24, 2.45) is 11.7 Å². The maximum absolute atomic E-state index is 5.89. The largest absolute Gasteiger partial charge is 0.497 e. The quantitative estimate of drug-likeness (QED) is 0.817. The van der Waals surface area contributed by atoms with Gasteiger partial charge in [0.15, 0.2) is 0 Å². The second kappa shape index (κ2) is 6.26. The van der Waals surface area contributed by atoms with Crippen LogP contribution in [0, 0.1) is 5.92 Å². The summed E-state index contributed by atoms with van der Waals surface area (Å²) in [7, 11) is 5.49. The Kier molecular flexibility index (Phi) is 4.66. The van der Waals surface area contributed by atoms with Crippen molar-refractivity contribution in [1.82, 2.24) is 4.90 Å². The number of benzene rings is 1. The molecule has 1 fully saturated rings. The fourth-order valence-electron chi connectivity index (χ4n) is 2.58. The molecule has 0 amide bonds. The molecule has 4 heteroatoms. The van der Waals surface area contributed by atoms with Crippen LogP contribution >= 0.6 is 0 Å². The molecule has 2 N–H and O–H groups in total. The fourth-order valence-corrected chi connectivity index (χ4v) is 2.58. The number of rotatable bonds is 7. The average molecular weight is 264 g/mol. The molecule has 19 heavy (non-hydrogen) atoms. The summed E-state index contributed by atoms with van der Waals surface area (Å²) in [5.41, 5.74) is 7.08. The van der Waals surface area contributed by atoms with E-state index in [1.165, 1.54) is 18.4 Å². The predicted octanol–water partition coefficient (Wildman–Crippen LogP) is 1.87. The molecule has 0 aromatic heterocycles. The number of nitrogens with zero attached hydrogens (tertiary/aromatic N) is 1. The molecule has 1 saturated carbocycles.